The maximum Gasteiger partial charge on any atom is 0.234 e. The molecule has 4 nitrogen and oxygen atoms in total. The van der Waals surface area contributed by atoms with Crippen LogP contribution < -0.4 is 9.04 Å². The van der Waals surface area contributed by atoms with Crippen LogP contribution in [0, 0.1) is 12.3 Å². The summed E-state index contributed by atoms with van der Waals surface area (Å²) < 4.78 is 30.2. The number of terminal acetylenes is 1. The average Bonchev–Trinajstić information content (AvgIpc) is 2.36. The molecule has 0 N–H and O–H groups in total. The molecule has 0 aliphatic rings. The van der Waals surface area contributed by atoms with Crippen LogP contribution in [-0.4, -0.2) is 27.8 Å². The molecule has 0 amide bonds. The van der Waals surface area contributed by atoms with E-state index in [0.29, 0.717) is 17.9 Å². The Hall–Kier alpha value is -1.67. The van der Waals surface area contributed by atoms with Gasteiger partial charge in [0.1, 0.15) is 12.4 Å². The van der Waals surface area contributed by atoms with Crippen molar-refractivity contribution < 1.29 is 13.2 Å². The number of benzene rings is 1. The van der Waals surface area contributed by atoms with Gasteiger partial charge in [-0.1, -0.05) is 12.8 Å². The molecule has 1 aromatic carbocycles. The van der Waals surface area contributed by atoms with Crippen molar-refractivity contribution >= 4 is 15.7 Å². The first-order valence-electron chi connectivity index (χ1n) is 5.64. The Morgan fingerprint density at radius 2 is 1.94 bits per heavy atom. The molecule has 18 heavy (non-hydrogen) atoms. The summed E-state index contributed by atoms with van der Waals surface area (Å²) in [5.41, 5.74) is 0.608. The Balaban J connectivity index is 2.82. The number of nitrogens with zero attached hydrogens (tertiary/aromatic N) is 1. The number of sulfonamides is 1. The minimum Gasteiger partial charge on any atom is -0.481 e. The van der Waals surface area contributed by atoms with Gasteiger partial charge in [0.25, 0.3) is 0 Å². The molecule has 98 valence electrons. The second-order valence-corrected chi connectivity index (χ2v) is 5.89. The quantitative estimate of drug-likeness (QED) is 0.739. The van der Waals surface area contributed by atoms with Crippen LogP contribution in [0.3, 0.4) is 0 Å². The van der Waals surface area contributed by atoms with Gasteiger partial charge in [-0.3, -0.25) is 4.31 Å². The molecule has 0 aromatic heterocycles. The number of hydrogen-bond donors (Lipinski definition) is 0. The maximum atomic E-state index is 11.9. The molecular weight excluding hydrogens is 250 g/mol. The van der Waals surface area contributed by atoms with Gasteiger partial charge in [-0.05, 0) is 30.7 Å². The van der Waals surface area contributed by atoms with Gasteiger partial charge < -0.3 is 4.74 Å². The van der Waals surface area contributed by atoms with E-state index in [1.54, 1.807) is 31.3 Å². The van der Waals surface area contributed by atoms with Crippen molar-refractivity contribution in [3.05, 3.63) is 24.3 Å². The highest BCUT2D eigenvalue weighted by Crippen LogP contribution is 2.21. The lowest BCUT2D eigenvalue weighted by Crippen LogP contribution is -2.28. The van der Waals surface area contributed by atoms with Crippen molar-refractivity contribution in [2.45, 2.75) is 13.3 Å². The Morgan fingerprint density at radius 1 is 1.33 bits per heavy atom. The molecule has 0 saturated heterocycles. The molecule has 0 unspecified atom stereocenters. The van der Waals surface area contributed by atoms with Gasteiger partial charge in [-0.15, -0.1) is 6.42 Å². The molecule has 0 saturated carbocycles. The molecule has 0 atom stereocenters. The van der Waals surface area contributed by atoms with Gasteiger partial charge in [0.05, 0.1) is 11.4 Å². The fraction of sp³-hybridized carbons (Fsp3) is 0.385. The third-order valence-electron chi connectivity index (χ3n) is 2.40. The van der Waals surface area contributed by atoms with E-state index < -0.39 is 10.0 Å². The van der Waals surface area contributed by atoms with Gasteiger partial charge in [-0.25, -0.2) is 8.42 Å². The summed E-state index contributed by atoms with van der Waals surface area (Å²) in [7, 11) is -1.69. The van der Waals surface area contributed by atoms with E-state index in [0.717, 1.165) is 0 Å². The Labute approximate surface area is 109 Å². The zero-order valence-electron chi connectivity index (χ0n) is 10.6. The molecule has 0 aliphatic heterocycles. The highest BCUT2D eigenvalue weighted by Gasteiger charge is 2.16. The fourth-order valence-corrected chi connectivity index (χ4v) is 2.67. The molecule has 1 aromatic rings. The Kier molecular flexibility index (Phi) is 5.05. The van der Waals surface area contributed by atoms with Crippen molar-refractivity contribution in [2.75, 3.05) is 23.7 Å². The number of rotatable bonds is 6. The lowest BCUT2D eigenvalue weighted by Gasteiger charge is -2.19. The van der Waals surface area contributed by atoms with Crippen LogP contribution in [0.2, 0.25) is 0 Å². The van der Waals surface area contributed by atoms with Gasteiger partial charge in [0.2, 0.25) is 10.0 Å². The predicted molar refractivity (Wildman–Crippen MR) is 73.3 cm³/mol. The van der Waals surface area contributed by atoms with E-state index in [1.807, 2.05) is 6.92 Å². The minimum absolute atomic E-state index is 0.138. The van der Waals surface area contributed by atoms with Crippen molar-refractivity contribution in [1.29, 1.82) is 0 Å². The zero-order chi connectivity index (χ0) is 13.6. The van der Waals surface area contributed by atoms with E-state index in [4.69, 9.17) is 11.2 Å². The van der Waals surface area contributed by atoms with Crippen molar-refractivity contribution in [2.24, 2.45) is 0 Å². The SMILES string of the molecule is C#CCOc1ccc(N(C)S(=O)(=O)CCC)cc1. The maximum absolute atomic E-state index is 11.9. The van der Waals surface area contributed by atoms with E-state index >= 15 is 0 Å². The van der Waals surface area contributed by atoms with Crippen LogP contribution in [0.4, 0.5) is 5.69 Å². The van der Waals surface area contributed by atoms with Crippen LogP contribution in [0.1, 0.15) is 13.3 Å². The second kappa shape index (κ2) is 6.31. The summed E-state index contributed by atoms with van der Waals surface area (Å²) in [5.74, 6) is 3.13. The van der Waals surface area contributed by atoms with Crippen LogP contribution in [0.15, 0.2) is 24.3 Å². The Bertz CT molecular complexity index is 514. The molecule has 0 bridgehead atoms. The summed E-state index contributed by atoms with van der Waals surface area (Å²) >= 11 is 0. The molecular formula is C13H17NO3S. The number of hydrogen-bond acceptors (Lipinski definition) is 3. The molecule has 0 spiro atoms. The topological polar surface area (TPSA) is 46.6 Å². The first-order chi connectivity index (χ1) is 8.51. The summed E-state index contributed by atoms with van der Waals surface area (Å²) in [5, 5.41) is 0. The summed E-state index contributed by atoms with van der Waals surface area (Å²) in [4.78, 5) is 0. The summed E-state index contributed by atoms with van der Waals surface area (Å²) in [6.07, 6.45) is 5.68. The number of ether oxygens (including phenoxy) is 1. The predicted octanol–water partition coefficient (Wildman–Crippen LogP) is 1.87. The highest BCUT2D eigenvalue weighted by molar-refractivity contribution is 7.92. The van der Waals surface area contributed by atoms with E-state index in [9.17, 15) is 8.42 Å². The van der Waals surface area contributed by atoms with Crippen molar-refractivity contribution in [1.82, 2.24) is 0 Å². The monoisotopic (exact) mass is 267 g/mol. The van der Waals surface area contributed by atoms with E-state index in [-0.39, 0.29) is 12.4 Å². The summed E-state index contributed by atoms with van der Waals surface area (Å²) in [6.45, 7) is 2.03. The molecule has 5 heteroatoms. The third kappa shape index (κ3) is 3.67. The third-order valence-corrected chi connectivity index (χ3v) is 4.37. The average molecular weight is 267 g/mol. The molecule has 0 fully saturated rings. The highest BCUT2D eigenvalue weighted by atomic mass is 32.2. The lowest BCUT2D eigenvalue weighted by molar-refractivity contribution is 0.370. The second-order valence-electron chi connectivity index (χ2n) is 3.77. The van der Waals surface area contributed by atoms with Gasteiger partial charge in [0, 0.05) is 7.05 Å². The first-order valence-corrected chi connectivity index (χ1v) is 7.25. The standard InChI is InChI=1S/C13H17NO3S/c1-4-10-17-13-8-6-12(7-9-13)14(3)18(15,16)11-5-2/h1,6-9H,5,10-11H2,2-3H3. The number of anilines is 1. The lowest BCUT2D eigenvalue weighted by atomic mass is 10.3. The first kappa shape index (κ1) is 14.4. The van der Waals surface area contributed by atoms with E-state index in [2.05, 4.69) is 5.92 Å². The molecule has 0 aliphatic carbocycles. The van der Waals surface area contributed by atoms with Gasteiger partial charge in [0.15, 0.2) is 0 Å². The minimum atomic E-state index is -3.23. The van der Waals surface area contributed by atoms with E-state index in [1.165, 1.54) is 4.31 Å². The molecule has 0 radical (unpaired) electrons. The molecule has 1 rings (SSSR count). The largest absolute Gasteiger partial charge is 0.481 e. The zero-order valence-corrected chi connectivity index (χ0v) is 11.4. The molecule has 0 heterocycles. The van der Waals surface area contributed by atoms with Crippen molar-refractivity contribution in [3.8, 4) is 18.1 Å². The van der Waals surface area contributed by atoms with Crippen LogP contribution in [-0.2, 0) is 10.0 Å². The normalized spacial score (nSPS) is 10.7. The van der Waals surface area contributed by atoms with Crippen molar-refractivity contribution in [3.63, 3.8) is 0 Å². The van der Waals surface area contributed by atoms with Gasteiger partial charge >= 0.3 is 0 Å². The van der Waals surface area contributed by atoms with Gasteiger partial charge in [-0.2, -0.15) is 0 Å². The fourth-order valence-electron chi connectivity index (χ4n) is 1.43. The van der Waals surface area contributed by atoms with Crippen LogP contribution in [0.5, 0.6) is 5.75 Å². The Morgan fingerprint density at radius 3 is 2.44 bits per heavy atom. The van der Waals surface area contributed by atoms with Crippen LogP contribution in [0.25, 0.3) is 0 Å². The smallest absolute Gasteiger partial charge is 0.234 e. The summed E-state index contributed by atoms with van der Waals surface area (Å²) in [6, 6.07) is 6.79. The van der Waals surface area contributed by atoms with Crippen LogP contribution >= 0.6 is 0 Å².